The molecule has 0 saturated heterocycles. The van der Waals surface area contributed by atoms with Crippen molar-refractivity contribution in [3.05, 3.63) is 59.7 Å². The van der Waals surface area contributed by atoms with Crippen LogP contribution in [0, 0.1) is 0 Å². The van der Waals surface area contributed by atoms with Gasteiger partial charge in [0.15, 0.2) is 0 Å². The second kappa shape index (κ2) is 5.58. The Bertz CT molecular complexity index is 651. The predicted molar refractivity (Wildman–Crippen MR) is 80.5 cm³/mol. The fourth-order valence-corrected chi connectivity index (χ4v) is 2.71. The zero-order valence-corrected chi connectivity index (χ0v) is 11.7. The van der Waals surface area contributed by atoms with Crippen LogP contribution in [0.4, 0.5) is 5.69 Å². The molecule has 0 bridgehead atoms. The Balaban J connectivity index is 1.98. The van der Waals surface area contributed by atoms with Crippen LogP contribution in [-0.2, 0) is 11.2 Å². The number of hydrogen-bond acceptors (Lipinski definition) is 3. The molecule has 2 atom stereocenters. The fraction of sp³-hybridized carbons (Fsp3) is 0.235. The first kappa shape index (κ1) is 13.6. The minimum absolute atomic E-state index is 0.264. The number of aliphatic hydroxyl groups is 1. The summed E-state index contributed by atoms with van der Waals surface area (Å²) in [6, 6.07) is 15.1. The highest BCUT2D eigenvalue weighted by Gasteiger charge is 2.31. The summed E-state index contributed by atoms with van der Waals surface area (Å²) in [6.45, 7) is 0. The third-order valence-electron chi connectivity index (χ3n) is 3.91. The van der Waals surface area contributed by atoms with Gasteiger partial charge in [-0.05, 0) is 35.7 Å². The summed E-state index contributed by atoms with van der Waals surface area (Å²) in [5.41, 5.74) is 2.73. The van der Waals surface area contributed by atoms with Gasteiger partial charge >= 0.3 is 0 Å². The molecule has 21 heavy (non-hydrogen) atoms. The molecular formula is C17H17NO3. The first-order valence-corrected chi connectivity index (χ1v) is 6.90. The first-order chi connectivity index (χ1) is 10.2. The number of amides is 1. The van der Waals surface area contributed by atoms with Crippen LogP contribution in [0.15, 0.2) is 48.5 Å². The topological polar surface area (TPSA) is 58.6 Å². The van der Waals surface area contributed by atoms with E-state index >= 15 is 0 Å². The number of rotatable bonds is 2. The number of methoxy groups -OCH3 is 1. The number of benzene rings is 2. The van der Waals surface area contributed by atoms with E-state index in [4.69, 9.17) is 4.74 Å². The van der Waals surface area contributed by atoms with E-state index in [9.17, 15) is 9.90 Å². The molecule has 0 aromatic heterocycles. The molecule has 0 unspecified atom stereocenters. The number of carbonyl (C=O) groups excluding carboxylic acids is 1. The molecule has 108 valence electrons. The van der Waals surface area contributed by atoms with Crippen molar-refractivity contribution in [2.24, 2.45) is 0 Å². The molecule has 4 nitrogen and oxygen atoms in total. The van der Waals surface area contributed by atoms with Crippen LogP contribution in [0.2, 0.25) is 0 Å². The van der Waals surface area contributed by atoms with Gasteiger partial charge in [0.25, 0.3) is 5.91 Å². The Labute approximate surface area is 123 Å². The third-order valence-corrected chi connectivity index (χ3v) is 3.91. The molecule has 1 heterocycles. The summed E-state index contributed by atoms with van der Waals surface area (Å²) < 4.78 is 5.14. The number of nitrogens with one attached hydrogen (secondary N) is 1. The molecule has 1 aliphatic heterocycles. The number of aliphatic hydroxyl groups excluding tert-OH is 1. The van der Waals surface area contributed by atoms with Crippen molar-refractivity contribution in [2.45, 2.75) is 18.4 Å². The standard InChI is InChI=1S/C17H17NO3/c1-21-13-8-6-11(7-9-13)14-10-12-4-2-3-5-15(12)18-17(20)16(14)19/h2-9,14,16,19H,10H2,1H3,(H,18,20)/t14-,16+/m1/s1. The van der Waals surface area contributed by atoms with Crippen LogP contribution in [0.1, 0.15) is 17.0 Å². The first-order valence-electron chi connectivity index (χ1n) is 6.90. The monoisotopic (exact) mass is 283 g/mol. The quantitative estimate of drug-likeness (QED) is 0.889. The molecule has 0 aliphatic carbocycles. The summed E-state index contributed by atoms with van der Waals surface area (Å²) in [4.78, 5) is 12.1. The maximum atomic E-state index is 12.1. The normalized spacial score (nSPS) is 21.1. The van der Waals surface area contributed by atoms with Gasteiger partial charge in [-0.2, -0.15) is 0 Å². The van der Waals surface area contributed by atoms with Gasteiger partial charge in [0.1, 0.15) is 11.9 Å². The smallest absolute Gasteiger partial charge is 0.253 e. The maximum absolute atomic E-state index is 12.1. The second-order valence-corrected chi connectivity index (χ2v) is 5.18. The van der Waals surface area contributed by atoms with Crippen LogP contribution >= 0.6 is 0 Å². The molecule has 1 aliphatic rings. The lowest BCUT2D eigenvalue weighted by Gasteiger charge is -2.19. The molecule has 1 amide bonds. The van der Waals surface area contributed by atoms with E-state index in [1.165, 1.54) is 0 Å². The van der Waals surface area contributed by atoms with E-state index in [0.29, 0.717) is 6.42 Å². The Kier molecular flexibility index (Phi) is 3.62. The molecule has 0 radical (unpaired) electrons. The Hall–Kier alpha value is -2.33. The fourth-order valence-electron chi connectivity index (χ4n) is 2.71. The lowest BCUT2D eigenvalue weighted by Crippen LogP contribution is -2.31. The van der Waals surface area contributed by atoms with Gasteiger partial charge in [0, 0.05) is 11.6 Å². The van der Waals surface area contributed by atoms with E-state index in [1.807, 2.05) is 48.5 Å². The Morgan fingerprint density at radius 3 is 2.57 bits per heavy atom. The van der Waals surface area contributed by atoms with Crippen molar-refractivity contribution in [1.29, 1.82) is 0 Å². The zero-order chi connectivity index (χ0) is 14.8. The second-order valence-electron chi connectivity index (χ2n) is 5.18. The van der Waals surface area contributed by atoms with E-state index in [1.54, 1.807) is 7.11 Å². The van der Waals surface area contributed by atoms with Crippen LogP contribution in [0.25, 0.3) is 0 Å². The third kappa shape index (κ3) is 2.62. The average molecular weight is 283 g/mol. The van der Waals surface area contributed by atoms with E-state index < -0.39 is 6.10 Å². The van der Waals surface area contributed by atoms with Crippen molar-refractivity contribution in [3.8, 4) is 5.75 Å². The van der Waals surface area contributed by atoms with E-state index in [2.05, 4.69) is 5.32 Å². The van der Waals surface area contributed by atoms with Gasteiger partial charge in [-0.25, -0.2) is 0 Å². The summed E-state index contributed by atoms with van der Waals surface area (Å²) in [5.74, 6) is 0.132. The van der Waals surface area contributed by atoms with Crippen molar-refractivity contribution in [1.82, 2.24) is 0 Å². The van der Waals surface area contributed by atoms with Crippen molar-refractivity contribution >= 4 is 11.6 Å². The molecule has 0 spiro atoms. The maximum Gasteiger partial charge on any atom is 0.253 e. The van der Waals surface area contributed by atoms with E-state index in [0.717, 1.165) is 22.6 Å². The van der Waals surface area contributed by atoms with Gasteiger partial charge < -0.3 is 15.2 Å². The van der Waals surface area contributed by atoms with Crippen molar-refractivity contribution in [3.63, 3.8) is 0 Å². The highest BCUT2D eigenvalue weighted by atomic mass is 16.5. The van der Waals surface area contributed by atoms with Crippen LogP contribution in [0.5, 0.6) is 5.75 Å². The van der Waals surface area contributed by atoms with Gasteiger partial charge in [0.05, 0.1) is 7.11 Å². The molecule has 2 N–H and O–H groups in total. The van der Waals surface area contributed by atoms with Gasteiger partial charge in [-0.1, -0.05) is 30.3 Å². The summed E-state index contributed by atoms with van der Waals surface area (Å²) in [6.07, 6.45) is -0.451. The number of carbonyl (C=O) groups is 1. The number of anilines is 1. The minimum Gasteiger partial charge on any atom is -0.497 e. The van der Waals surface area contributed by atoms with Crippen LogP contribution in [0.3, 0.4) is 0 Å². The predicted octanol–water partition coefficient (Wildman–Crippen LogP) is 2.33. The summed E-state index contributed by atoms with van der Waals surface area (Å²) in [5, 5.41) is 13.1. The largest absolute Gasteiger partial charge is 0.497 e. The lowest BCUT2D eigenvalue weighted by molar-refractivity contribution is -0.124. The molecule has 4 heteroatoms. The van der Waals surface area contributed by atoms with E-state index in [-0.39, 0.29) is 11.8 Å². The van der Waals surface area contributed by atoms with Crippen LogP contribution in [-0.4, -0.2) is 24.2 Å². The molecular weight excluding hydrogens is 266 g/mol. The van der Waals surface area contributed by atoms with Crippen LogP contribution < -0.4 is 10.1 Å². The number of hydrogen-bond donors (Lipinski definition) is 2. The SMILES string of the molecule is COc1ccc([C@H]2Cc3ccccc3NC(=O)[C@H]2O)cc1. The van der Waals surface area contributed by atoms with Gasteiger partial charge in [0.2, 0.25) is 0 Å². The van der Waals surface area contributed by atoms with Gasteiger partial charge in [-0.3, -0.25) is 4.79 Å². The van der Waals surface area contributed by atoms with Crippen molar-refractivity contribution < 1.29 is 14.6 Å². The highest BCUT2D eigenvalue weighted by molar-refractivity contribution is 5.96. The van der Waals surface area contributed by atoms with Gasteiger partial charge in [-0.15, -0.1) is 0 Å². The zero-order valence-electron chi connectivity index (χ0n) is 11.7. The minimum atomic E-state index is -1.06. The number of fused-ring (bicyclic) bond motifs is 1. The Morgan fingerprint density at radius 2 is 1.86 bits per heavy atom. The lowest BCUT2D eigenvalue weighted by atomic mass is 9.88. The Morgan fingerprint density at radius 1 is 1.14 bits per heavy atom. The number of ether oxygens (including phenoxy) is 1. The molecule has 2 aromatic carbocycles. The van der Waals surface area contributed by atoms with Crippen molar-refractivity contribution in [2.75, 3.05) is 12.4 Å². The molecule has 2 aromatic rings. The molecule has 3 rings (SSSR count). The average Bonchev–Trinajstić information content (AvgIpc) is 2.65. The summed E-state index contributed by atoms with van der Waals surface area (Å²) in [7, 11) is 1.61. The number of para-hydroxylation sites is 1. The molecule has 0 fully saturated rings. The highest BCUT2D eigenvalue weighted by Crippen LogP contribution is 2.32. The molecule has 0 saturated carbocycles. The summed E-state index contributed by atoms with van der Waals surface area (Å²) >= 11 is 0.